The largest absolute Gasteiger partial charge is 0.340 e. The summed E-state index contributed by atoms with van der Waals surface area (Å²) in [4.78, 5) is 16.9. The number of amides is 1. The first kappa shape index (κ1) is 18.3. The predicted octanol–water partition coefficient (Wildman–Crippen LogP) is 1.86. The quantitative estimate of drug-likeness (QED) is 0.680. The standard InChI is InChI=1S/C21H24N6O/c1-17-6-5-7-18(14-17)15-21(28)26-12-10-25(11-13-26)16-20-22-23-24-27(20)19-8-3-2-4-9-19/h2-9,14H,10-13,15-16H2,1H3. The topological polar surface area (TPSA) is 67.2 Å². The third kappa shape index (κ3) is 4.26. The van der Waals surface area contributed by atoms with E-state index in [4.69, 9.17) is 0 Å². The summed E-state index contributed by atoms with van der Waals surface area (Å²) >= 11 is 0. The van der Waals surface area contributed by atoms with Crippen molar-refractivity contribution in [2.75, 3.05) is 26.2 Å². The number of benzene rings is 2. The lowest BCUT2D eigenvalue weighted by Gasteiger charge is -2.34. The fourth-order valence-electron chi connectivity index (χ4n) is 3.54. The van der Waals surface area contributed by atoms with Crippen molar-refractivity contribution in [2.45, 2.75) is 19.9 Å². The summed E-state index contributed by atoms with van der Waals surface area (Å²) in [6.07, 6.45) is 0.466. The number of hydrogen-bond acceptors (Lipinski definition) is 5. The molecule has 0 saturated carbocycles. The highest BCUT2D eigenvalue weighted by Crippen LogP contribution is 2.12. The van der Waals surface area contributed by atoms with Gasteiger partial charge in [-0.05, 0) is 35.0 Å². The van der Waals surface area contributed by atoms with Crippen LogP contribution in [-0.2, 0) is 17.8 Å². The Hall–Kier alpha value is -3.06. The Morgan fingerprint density at radius 3 is 2.54 bits per heavy atom. The summed E-state index contributed by atoms with van der Waals surface area (Å²) in [7, 11) is 0. The molecule has 2 aromatic carbocycles. The van der Waals surface area contributed by atoms with Gasteiger partial charge in [0.25, 0.3) is 0 Å². The third-order valence-corrected chi connectivity index (χ3v) is 5.06. The minimum Gasteiger partial charge on any atom is -0.340 e. The molecule has 28 heavy (non-hydrogen) atoms. The molecule has 3 aromatic rings. The number of para-hydroxylation sites is 1. The number of nitrogens with zero attached hydrogens (tertiary/aromatic N) is 6. The molecule has 144 valence electrons. The van der Waals surface area contributed by atoms with Crippen molar-refractivity contribution in [3.63, 3.8) is 0 Å². The number of aryl methyl sites for hydroxylation is 1. The second-order valence-electron chi connectivity index (χ2n) is 7.17. The summed E-state index contributed by atoms with van der Waals surface area (Å²) < 4.78 is 1.77. The number of carbonyl (C=O) groups excluding carboxylic acids is 1. The van der Waals surface area contributed by atoms with E-state index in [-0.39, 0.29) is 5.91 Å². The van der Waals surface area contributed by atoms with E-state index in [0.29, 0.717) is 13.0 Å². The summed E-state index contributed by atoms with van der Waals surface area (Å²) in [6.45, 7) is 5.83. The lowest BCUT2D eigenvalue weighted by molar-refractivity contribution is -0.132. The molecular weight excluding hydrogens is 352 g/mol. The van der Waals surface area contributed by atoms with Gasteiger partial charge in [-0.25, -0.2) is 0 Å². The van der Waals surface area contributed by atoms with E-state index < -0.39 is 0 Å². The van der Waals surface area contributed by atoms with Gasteiger partial charge in [0.1, 0.15) is 0 Å². The first-order valence-electron chi connectivity index (χ1n) is 9.57. The normalized spacial score (nSPS) is 15.0. The molecule has 0 atom stereocenters. The van der Waals surface area contributed by atoms with E-state index in [1.165, 1.54) is 5.56 Å². The molecule has 1 aliphatic heterocycles. The highest BCUT2D eigenvalue weighted by Gasteiger charge is 2.23. The maximum atomic E-state index is 12.6. The molecule has 1 aromatic heterocycles. The summed E-state index contributed by atoms with van der Waals surface area (Å²) in [5, 5.41) is 12.1. The van der Waals surface area contributed by atoms with E-state index in [2.05, 4.69) is 39.5 Å². The number of piperazine rings is 1. The maximum Gasteiger partial charge on any atom is 0.227 e. The molecule has 1 aliphatic rings. The Kier molecular flexibility index (Phi) is 5.43. The van der Waals surface area contributed by atoms with Crippen molar-refractivity contribution in [1.29, 1.82) is 0 Å². The highest BCUT2D eigenvalue weighted by atomic mass is 16.2. The van der Waals surface area contributed by atoms with Gasteiger partial charge in [0.15, 0.2) is 5.82 Å². The van der Waals surface area contributed by atoms with Crippen LogP contribution >= 0.6 is 0 Å². The van der Waals surface area contributed by atoms with Gasteiger partial charge in [-0.1, -0.05) is 48.0 Å². The van der Waals surface area contributed by atoms with E-state index in [0.717, 1.165) is 43.3 Å². The zero-order valence-corrected chi connectivity index (χ0v) is 16.0. The molecular formula is C21H24N6O. The van der Waals surface area contributed by atoms with Crippen molar-refractivity contribution in [3.8, 4) is 5.69 Å². The van der Waals surface area contributed by atoms with Crippen LogP contribution in [0, 0.1) is 6.92 Å². The number of tetrazole rings is 1. The smallest absolute Gasteiger partial charge is 0.227 e. The maximum absolute atomic E-state index is 12.6. The zero-order chi connectivity index (χ0) is 19.3. The Balaban J connectivity index is 1.33. The van der Waals surface area contributed by atoms with Crippen LogP contribution in [-0.4, -0.2) is 62.1 Å². The number of carbonyl (C=O) groups is 1. The van der Waals surface area contributed by atoms with Crippen LogP contribution in [0.5, 0.6) is 0 Å². The molecule has 7 heteroatoms. The van der Waals surface area contributed by atoms with Crippen molar-refractivity contribution >= 4 is 5.91 Å². The molecule has 0 bridgehead atoms. The van der Waals surface area contributed by atoms with Gasteiger partial charge in [0.2, 0.25) is 5.91 Å². The van der Waals surface area contributed by atoms with Crippen molar-refractivity contribution in [1.82, 2.24) is 30.0 Å². The van der Waals surface area contributed by atoms with Crippen LogP contribution < -0.4 is 0 Å². The molecule has 1 saturated heterocycles. The highest BCUT2D eigenvalue weighted by molar-refractivity contribution is 5.79. The first-order chi connectivity index (χ1) is 13.7. The van der Waals surface area contributed by atoms with Gasteiger partial charge < -0.3 is 4.90 Å². The molecule has 1 fully saturated rings. The van der Waals surface area contributed by atoms with E-state index in [9.17, 15) is 4.79 Å². The van der Waals surface area contributed by atoms with Crippen LogP contribution in [0.1, 0.15) is 17.0 Å². The summed E-state index contributed by atoms with van der Waals surface area (Å²) in [6, 6.07) is 18.0. The molecule has 0 unspecified atom stereocenters. The Morgan fingerprint density at radius 2 is 1.79 bits per heavy atom. The zero-order valence-electron chi connectivity index (χ0n) is 16.0. The average Bonchev–Trinajstić information content (AvgIpc) is 3.17. The minimum atomic E-state index is 0.194. The SMILES string of the molecule is Cc1cccc(CC(=O)N2CCN(Cc3nnnn3-c3ccccc3)CC2)c1. The number of aromatic nitrogens is 4. The Labute approximate surface area is 164 Å². The average molecular weight is 376 g/mol. The fraction of sp³-hybridized carbons (Fsp3) is 0.333. The third-order valence-electron chi connectivity index (χ3n) is 5.06. The second kappa shape index (κ2) is 8.31. The monoisotopic (exact) mass is 376 g/mol. The van der Waals surface area contributed by atoms with Gasteiger partial charge in [0.05, 0.1) is 18.7 Å². The lowest BCUT2D eigenvalue weighted by Crippen LogP contribution is -2.49. The summed E-state index contributed by atoms with van der Waals surface area (Å²) in [5.41, 5.74) is 3.22. The van der Waals surface area contributed by atoms with E-state index in [1.807, 2.05) is 47.4 Å². The van der Waals surface area contributed by atoms with Gasteiger partial charge in [-0.15, -0.1) is 5.10 Å². The summed E-state index contributed by atoms with van der Waals surface area (Å²) in [5.74, 6) is 1.00. The first-order valence-corrected chi connectivity index (χ1v) is 9.57. The minimum absolute atomic E-state index is 0.194. The van der Waals surface area contributed by atoms with Crippen LogP contribution in [0.15, 0.2) is 54.6 Å². The van der Waals surface area contributed by atoms with Gasteiger partial charge in [-0.2, -0.15) is 4.68 Å². The molecule has 0 radical (unpaired) electrons. The van der Waals surface area contributed by atoms with Crippen molar-refractivity contribution in [3.05, 3.63) is 71.5 Å². The van der Waals surface area contributed by atoms with Crippen molar-refractivity contribution < 1.29 is 4.79 Å². The molecule has 1 amide bonds. The molecule has 4 rings (SSSR count). The van der Waals surface area contributed by atoms with Gasteiger partial charge in [0, 0.05) is 26.2 Å². The molecule has 0 N–H and O–H groups in total. The van der Waals surface area contributed by atoms with Crippen LogP contribution in [0.3, 0.4) is 0 Å². The Bertz CT molecular complexity index is 931. The van der Waals surface area contributed by atoms with Gasteiger partial charge in [-0.3, -0.25) is 9.69 Å². The fourth-order valence-corrected chi connectivity index (χ4v) is 3.54. The van der Waals surface area contributed by atoms with Crippen LogP contribution in [0.4, 0.5) is 0 Å². The second-order valence-corrected chi connectivity index (χ2v) is 7.17. The molecule has 0 spiro atoms. The van der Waals surface area contributed by atoms with Gasteiger partial charge >= 0.3 is 0 Å². The van der Waals surface area contributed by atoms with E-state index in [1.54, 1.807) is 4.68 Å². The van der Waals surface area contributed by atoms with Crippen LogP contribution in [0.2, 0.25) is 0 Å². The number of hydrogen-bond donors (Lipinski definition) is 0. The van der Waals surface area contributed by atoms with E-state index >= 15 is 0 Å². The molecule has 2 heterocycles. The lowest BCUT2D eigenvalue weighted by atomic mass is 10.1. The molecule has 7 nitrogen and oxygen atoms in total. The number of rotatable bonds is 5. The van der Waals surface area contributed by atoms with Crippen LogP contribution in [0.25, 0.3) is 5.69 Å². The Morgan fingerprint density at radius 1 is 1.00 bits per heavy atom. The molecule has 0 aliphatic carbocycles. The van der Waals surface area contributed by atoms with Crippen molar-refractivity contribution in [2.24, 2.45) is 0 Å². The predicted molar refractivity (Wildman–Crippen MR) is 106 cm³/mol.